The number of nitrogens with zero attached hydrogens (tertiary/aromatic N) is 1. The Bertz CT molecular complexity index is 698. The van der Waals surface area contributed by atoms with E-state index >= 15 is 0 Å². The van der Waals surface area contributed by atoms with E-state index in [0.29, 0.717) is 11.4 Å². The van der Waals surface area contributed by atoms with Crippen LogP contribution in [-0.2, 0) is 0 Å². The van der Waals surface area contributed by atoms with Gasteiger partial charge < -0.3 is 15.8 Å². The Morgan fingerprint density at radius 2 is 2.00 bits per heavy atom. The molecule has 4 nitrogen and oxygen atoms in total. The van der Waals surface area contributed by atoms with Gasteiger partial charge in [-0.15, -0.1) is 0 Å². The third-order valence-corrected chi connectivity index (χ3v) is 3.02. The molecule has 0 saturated heterocycles. The smallest absolute Gasteiger partial charge is 0.190 e. The Labute approximate surface area is 122 Å². The lowest BCUT2D eigenvalue weighted by molar-refractivity contribution is 0.390. The van der Waals surface area contributed by atoms with E-state index in [1.54, 1.807) is 30.5 Å². The fourth-order valence-corrected chi connectivity index (χ4v) is 1.99. The van der Waals surface area contributed by atoms with E-state index in [4.69, 9.17) is 10.5 Å². The Kier molecular flexibility index (Phi) is 4.23. The minimum absolute atomic E-state index is 0.0304. The lowest BCUT2D eigenvalue weighted by atomic mass is 10.1. The van der Waals surface area contributed by atoms with Gasteiger partial charge in [0.05, 0.1) is 24.2 Å². The molecule has 108 valence electrons. The number of pyridine rings is 1. The number of rotatable bonds is 5. The highest BCUT2D eigenvalue weighted by molar-refractivity contribution is 5.78. The number of halogens is 1. The van der Waals surface area contributed by atoms with Gasteiger partial charge in [0.1, 0.15) is 0 Å². The average molecular weight is 285 g/mol. The summed E-state index contributed by atoms with van der Waals surface area (Å²) in [5.74, 6) is -0.539. The second-order valence-corrected chi connectivity index (χ2v) is 4.24. The predicted octanol–water partition coefficient (Wildman–Crippen LogP) is 3.84. The summed E-state index contributed by atoms with van der Waals surface area (Å²) in [5.41, 5.74) is 8.21. The number of hydrogen-bond acceptors (Lipinski definition) is 4. The lowest BCUT2D eigenvalue weighted by Crippen LogP contribution is -2.02. The first-order valence-corrected chi connectivity index (χ1v) is 6.25. The highest BCUT2D eigenvalue weighted by Gasteiger charge is 2.14. The van der Waals surface area contributed by atoms with Gasteiger partial charge in [0.15, 0.2) is 11.6 Å². The van der Waals surface area contributed by atoms with Crippen LogP contribution in [0.25, 0.3) is 12.2 Å². The zero-order valence-corrected chi connectivity index (χ0v) is 11.7. The van der Waals surface area contributed by atoms with Crippen LogP contribution in [-0.4, -0.2) is 12.1 Å². The van der Waals surface area contributed by atoms with Crippen LogP contribution >= 0.6 is 0 Å². The minimum atomic E-state index is -0.597. The van der Waals surface area contributed by atoms with Crippen LogP contribution in [0.15, 0.2) is 37.6 Å². The molecule has 0 radical (unpaired) electrons. The molecule has 2 rings (SSSR count). The van der Waals surface area contributed by atoms with Gasteiger partial charge in [-0.05, 0) is 24.3 Å². The molecule has 0 saturated carbocycles. The average Bonchev–Trinajstić information content (AvgIpc) is 2.51. The van der Waals surface area contributed by atoms with Gasteiger partial charge in [0.25, 0.3) is 0 Å². The quantitative estimate of drug-likeness (QED) is 0.819. The number of hydrogen-bond donors (Lipinski definition) is 2. The molecule has 0 aliphatic rings. The summed E-state index contributed by atoms with van der Waals surface area (Å²) in [5, 5.41) is 3.11. The Hall–Kier alpha value is -2.82. The third kappa shape index (κ3) is 2.72. The maximum absolute atomic E-state index is 14.0. The van der Waals surface area contributed by atoms with Crippen LogP contribution in [0.2, 0.25) is 0 Å². The molecule has 0 aliphatic carbocycles. The van der Waals surface area contributed by atoms with Gasteiger partial charge in [0, 0.05) is 17.4 Å². The number of aromatic nitrogens is 1. The summed E-state index contributed by atoms with van der Waals surface area (Å²) in [7, 11) is 1.39. The summed E-state index contributed by atoms with van der Waals surface area (Å²) in [6, 6.07) is 4.89. The zero-order valence-electron chi connectivity index (χ0n) is 11.7. The number of nitrogens with one attached hydrogen (secondary N) is 1. The number of ether oxygens (including phenoxy) is 1. The largest absolute Gasteiger partial charge is 0.492 e. The van der Waals surface area contributed by atoms with Crippen LogP contribution in [0.4, 0.5) is 21.5 Å². The van der Waals surface area contributed by atoms with Crippen molar-refractivity contribution >= 4 is 29.2 Å². The topological polar surface area (TPSA) is 60.2 Å². The molecule has 0 aliphatic heterocycles. The number of nitrogen functional groups attached to an aromatic ring is 1. The Morgan fingerprint density at radius 3 is 2.62 bits per heavy atom. The van der Waals surface area contributed by atoms with E-state index in [9.17, 15) is 4.39 Å². The van der Waals surface area contributed by atoms with Gasteiger partial charge in [-0.1, -0.05) is 19.2 Å². The van der Waals surface area contributed by atoms with Gasteiger partial charge >= 0.3 is 0 Å². The molecule has 1 heterocycles. The summed E-state index contributed by atoms with van der Waals surface area (Å²) in [6.07, 6.45) is 4.92. The van der Waals surface area contributed by atoms with Crippen LogP contribution < -0.4 is 15.8 Å². The minimum Gasteiger partial charge on any atom is -0.492 e. The first-order valence-electron chi connectivity index (χ1n) is 6.25. The first-order chi connectivity index (χ1) is 10.1. The Morgan fingerprint density at radius 1 is 1.24 bits per heavy atom. The number of anilines is 3. The predicted molar refractivity (Wildman–Crippen MR) is 85.1 cm³/mol. The molecule has 2 aromatic rings. The van der Waals surface area contributed by atoms with E-state index in [1.807, 2.05) is 0 Å². The molecule has 0 amide bonds. The van der Waals surface area contributed by atoms with Crippen molar-refractivity contribution in [2.75, 3.05) is 18.2 Å². The molecule has 0 fully saturated rings. The fraction of sp³-hybridized carbons (Fsp3) is 0.0625. The highest BCUT2D eigenvalue weighted by Crippen LogP contribution is 2.34. The molecule has 0 bridgehead atoms. The van der Waals surface area contributed by atoms with Crippen molar-refractivity contribution < 1.29 is 9.13 Å². The third-order valence-electron chi connectivity index (χ3n) is 3.02. The summed E-state index contributed by atoms with van der Waals surface area (Å²) in [4.78, 5) is 4.19. The van der Waals surface area contributed by atoms with Gasteiger partial charge in [0.2, 0.25) is 0 Å². The van der Waals surface area contributed by atoms with Crippen LogP contribution in [0.1, 0.15) is 11.3 Å². The maximum Gasteiger partial charge on any atom is 0.190 e. The number of methoxy groups -OCH3 is 1. The fourth-order valence-electron chi connectivity index (χ4n) is 1.99. The van der Waals surface area contributed by atoms with E-state index in [2.05, 4.69) is 23.5 Å². The van der Waals surface area contributed by atoms with E-state index in [-0.39, 0.29) is 11.4 Å². The molecular formula is C16H16FN3O. The molecule has 0 atom stereocenters. The molecule has 3 N–H and O–H groups in total. The van der Waals surface area contributed by atoms with Gasteiger partial charge in [-0.2, -0.15) is 0 Å². The molecule has 1 aromatic carbocycles. The molecule has 0 spiro atoms. The SMILES string of the molecule is C=Cc1nccc(Nc2ccc(N)c(F)c2OC)c1C=C. The second kappa shape index (κ2) is 6.09. The van der Waals surface area contributed by atoms with Gasteiger partial charge in [-0.25, -0.2) is 4.39 Å². The molecular weight excluding hydrogens is 269 g/mol. The van der Waals surface area contributed by atoms with Crippen molar-refractivity contribution in [2.45, 2.75) is 0 Å². The Balaban J connectivity index is 2.51. The monoisotopic (exact) mass is 285 g/mol. The zero-order chi connectivity index (χ0) is 15.4. The summed E-state index contributed by atoms with van der Waals surface area (Å²) < 4.78 is 19.0. The van der Waals surface area contributed by atoms with Crippen molar-refractivity contribution in [3.8, 4) is 5.75 Å². The summed E-state index contributed by atoms with van der Waals surface area (Å²) >= 11 is 0. The molecule has 0 unspecified atom stereocenters. The van der Waals surface area contributed by atoms with E-state index in [1.165, 1.54) is 13.2 Å². The van der Waals surface area contributed by atoms with Crippen molar-refractivity contribution in [1.29, 1.82) is 0 Å². The van der Waals surface area contributed by atoms with Gasteiger partial charge in [-0.3, -0.25) is 4.98 Å². The normalized spacial score (nSPS) is 10.0. The van der Waals surface area contributed by atoms with Crippen LogP contribution in [0.5, 0.6) is 5.75 Å². The van der Waals surface area contributed by atoms with E-state index < -0.39 is 5.82 Å². The molecule has 1 aromatic heterocycles. The molecule has 21 heavy (non-hydrogen) atoms. The van der Waals surface area contributed by atoms with Crippen molar-refractivity contribution in [1.82, 2.24) is 4.98 Å². The number of nitrogens with two attached hydrogens (primary N) is 1. The van der Waals surface area contributed by atoms with Crippen molar-refractivity contribution in [2.24, 2.45) is 0 Å². The lowest BCUT2D eigenvalue weighted by Gasteiger charge is -2.15. The number of benzene rings is 1. The maximum atomic E-state index is 14.0. The van der Waals surface area contributed by atoms with Crippen molar-refractivity contribution in [3.05, 3.63) is 54.6 Å². The van der Waals surface area contributed by atoms with Crippen molar-refractivity contribution in [3.63, 3.8) is 0 Å². The highest BCUT2D eigenvalue weighted by atomic mass is 19.1. The van der Waals surface area contributed by atoms with E-state index in [0.717, 1.165) is 11.3 Å². The van der Waals surface area contributed by atoms with Crippen LogP contribution in [0, 0.1) is 5.82 Å². The molecule has 5 heteroatoms. The second-order valence-electron chi connectivity index (χ2n) is 4.24. The summed E-state index contributed by atoms with van der Waals surface area (Å²) in [6.45, 7) is 7.47. The first kappa shape index (κ1) is 14.6. The standard InChI is InChI=1S/C16H16FN3O/c1-4-10-12(5-2)19-9-8-13(10)20-14-7-6-11(18)15(17)16(14)21-3/h4-9H,1-2,18H2,3H3,(H,19,20). The van der Waals surface area contributed by atoms with Crippen LogP contribution in [0.3, 0.4) is 0 Å².